The number of alkyl halides is 3. The van der Waals surface area contributed by atoms with Crippen LogP contribution in [0.4, 0.5) is 24.5 Å². The van der Waals surface area contributed by atoms with E-state index in [1.807, 2.05) is 0 Å². The Balaban J connectivity index is 1.42. The minimum absolute atomic E-state index is 0.0133. The molecule has 7 nitrogen and oxygen atoms in total. The minimum Gasteiger partial charge on any atom is -0.484 e. The lowest BCUT2D eigenvalue weighted by Gasteiger charge is -2.09. The van der Waals surface area contributed by atoms with Gasteiger partial charge in [-0.15, -0.1) is 0 Å². The van der Waals surface area contributed by atoms with Crippen LogP contribution in [0.15, 0.2) is 85.0 Å². The first kappa shape index (κ1) is 27.9. The second-order valence-corrected chi connectivity index (χ2v) is 7.98. The van der Waals surface area contributed by atoms with Gasteiger partial charge >= 0.3 is 18.1 Å². The lowest BCUT2D eigenvalue weighted by molar-refractivity contribution is -0.153. The maximum Gasteiger partial charge on any atom is 0.422 e. The van der Waals surface area contributed by atoms with Gasteiger partial charge in [0.2, 0.25) is 0 Å². The summed E-state index contributed by atoms with van der Waals surface area (Å²) in [5.74, 6) is -0.895. The zero-order chi connectivity index (χ0) is 27.5. The van der Waals surface area contributed by atoms with Crippen molar-refractivity contribution in [3.05, 3.63) is 102 Å². The standard InChI is InChI=1S/C28H25F3N2O5/c29-28(30,31)18-37-23-13-8-21(9-14-23)27(35)38-24-11-5-19(6-12-24)3-1-2-4-26(34)36-16-15-20-7-10-22(32)17-25(20)33/h1-14,17H,15-16,18,32-33H2/b3-1+,4-2+. The molecule has 0 fully saturated rings. The lowest BCUT2D eigenvalue weighted by Crippen LogP contribution is -2.19. The number of hydrogen-bond donors (Lipinski definition) is 2. The minimum atomic E-state index is -4.45. The summed E-state index contributed by atoms with van der Waals surface area (Å²) in [6, 6.07) is 16.9. The Kier molecular flexibility index (Phi) is 9.53. The van der Waals surface area contributed by atoms with Crippen LogP contribution in [0.3, 0.4) is 0 Å². The molecule has 0 spiro atoms. The van der Waals surface area contributed by atoms with E-state index in [2.05, 4.69) is 4.74 Å². The van der Waals surface area contributed by atoms with Gasteiger partial charge < -0.3 is 25.7 Å². The quantitative estimate of drug-likeness (QED) is 0.120. The van der Waals surface area contributed by atoms with E-state index in [9.17, 15) is 22.8 Å². The van der Waals surface area contributed by atoms with Crippen LogP contribution in [-0.2, 0) is 16.0 Å². The molecule has 0 heterocycles. The molecular weight excluding hydrogens is 501 g/mol. The largest absolute Gasteiger partial charge is 0.484 e. The number of anilines is 2. The van der Waals surface area contributed by atoms with Crippen molar-refractivity contribution in [1.29, 1.82) is 0 Å². The second kappa shape index (κ2) is 13.0. The molecule has 0 saturated carbocycles. The number of benzene rings is 3. The Hall–Kier alpha value is -4.73. The number of ether oxygens (including phenoxy) is 3. The average Bonchev–Trinajstić information content (AvgIpc) is 2.87. The number of nitrogens with two attached hydrogens (primary N) is 2. The monoisotopic (exact) mass is 526 g/mol. The number of nitrogen functional groups attached to an aromatic ring is 2. The normalized spacial score (nSPS) is 11.6. The Bertz CT molecular complexity index is 1300. The Morgan fingerprint density at radius 3 is 2.21 bits per heavy atom. The van der Waals surface area contributed by atoms with Gasteiger partial charge in [0.1, 0.15) is 11.5 Å². The molecule has 0 bridgehead atoms. The summed E-state index contributed by atoms with van der Waals surface area (Å²) in [7, 11) is 0. The van der Waals surface area contributed by atoms with Crippen LogP contribution in [-0.4, -0.2) is 31.3 Å². The molecule has 0 saturated heterocycles. The van der Waals surface area contributed by atoms with Gasteiger partial charge in [0.25, 0.3) is 0 Å². The lowest BCUT2D eigenvalue weighted by atomic mass is 10.1. The fourth-order valence-electron chi connectivity index (χ4n) is 3.12. The molecule has 0 aliphatic heterocycles. The van der Waals surface area contributed by atoms with Crippen LogP contribution in [0.5, 0.6) is 11.5 Å². The van der Waals surface area contributed by atoms with Crippen molar-refractivity contribution >= 4 is 29.4 Å². The van der Waals surface area contributed by atoms with Crippen LogP contribution in [0.25, 0.3) is 6.08 Å². The van der Waals surface area contributed by atoms with E-state index in [4.69, 9.17) is 20.9 Å². The highest BCUT2D eigenvalue weighted by atomic mass is 19.4. The van der Waals surface area contributed by atoms with Gasteiger partial charge in [-0.25, -0.2) is 9.59 Å². The molecule has 0 aliphatic carbocycles. The smallest absolute Gasteiger partial charge is 0.422 e. The van der Waals surface area contributed by atoms with Crippen LogP contribution in [0, 0.1) is 0 Å². The number of halogens is 3. The summed E-state index contributed by atoms with van der Waals surface area (Å²) >= 11 is 0. The zero-order valence-electron chi connectivity index (χ0n) is 20.1. The third kappa shape index (κ3) is 9.38. The molecule has 3 aromatic carbocycles. The van der Waals surface area contributed by atoms with E-state index >= 15 is 0 Å². The summed E-state index contributed by atoms with van der Waals surface area (Å²) in [4.78, 5) is 24.1. The molecule has 4 N–H and O–H groups in total. The summed E-state index contributed by atoms with van der Waals surface area (Å²) in [5, 5.41) is 0. The molecule has 0 atom stereocenters. The highest BCUT2D eigenvalue weighted by Crippen LogP contribution is 2.20. The Morgan fingerprint density at radius 2 is 1.55 bits per heavy atom. The topological polar surface area (TPSA) is 114 Å². The van der Waals surface area contributed by atoms with E-state index in [1.54, 1.807) is 54.6 Å². The first-order valence-corrected chi connectivity index (χ1v) is 11.4. The molecule has 0 radical (unpaired) electrons. The van der Waals surface area contributed by atoms with Gasteiger partial charge in [-0.3, -0.25) is 0 Å². The number of allylic oxidation sites excluding steroid dienone is 2. The van der Waals surface area contributed by atoms with Crippen molar-refractivity contribution in [3.8, 4) is 11.5 Å². The van der Waals surface area contributed by atoms with E-state index in [0.29, 0.717) is 17.8 Å². The molecule has 10 heteroatoms. The van der Waals surface area contributed by atoms with Gasteiger partial charge in [0.05, 0.1) is 12.2 Å². The van der Waals surface area contributed by atoms with Crippen molar-refractivity contribution in [2.45, 2.75) is 12.6 Å². The first-order valence-electron chi connectivity index (χ1n) is 11.4. The van der Waals surface area contributed by atoms with Crippen LogP contribution < -0.4 is 20.9 Å². The van der Waals surface area contributed by atoms with Crippen LogP contribution >= 0.6 is 0 Å². The van der Waals surface area contributed by atoms with Crippen LogP contribution in [0.1, 0.15) is 21.5 Å². The zero-order valence-corrected chi connectivity index (χ0v) is 20.1. The molecule has 0 unspecified atom stereocenters. The summed E-state index contributed by atoms with van der Waals surface area (Å²) < 4.78 is 51.7. The predicted molar refractivity (Wildman–Crippen MR) is 137 cm³/mol. The molecule has 198 valence electrons. The van der Waals surface area contributed by atoms with Gasteiger partial charge in [-0.1, -0.05) is 36.4 Å². The molecule has 3 aromatic rings. The van der Waals surface area contributed by atoms with E-state index < -0.39 is 24.7 Å². The van der Waals surface area contributed by atoms with E-state index in [-0.39, 0.29) is 23.7 Å². The third-order valence-corrected chi connectivity index (χ3v) is 5.00. The maximum atomic E-state index is 12.3. The number of carbonyl (C=O) groups is 2. The van der Waals surface area contributed by atoms with Crippen molar-refractivity contribution in [2.75, 3.05) is 24.7 Å². The molecular formula is C28H25F3N2O5. The fraction of sp³-hybridized carbons (Fsp3) is 0.143. The van der Waals surface area contributed by atoms with Crippen LogP contribution in [0.2, 0.25) is 0 Å². The van der Waals surface area contributed by atoms with Crippen molar-refractivity contribution in [2.24, 2.45) is 0 Å². The van der Waals surface area contributed by atoms with Gasteiger partial charge in [-0.2, -0.15) is 13.2 Å². The van der Waals surface area contributed by atoms with Gasteiger partial charge in [-0.05, 0) is 59.7 Å². The Labute approximate surface area is 217 Å². The van der Waals surface area contributed by atoms with Crippen molar-refractivity contribution in [3.63, 3.8) is 0 Å². The third-order valence-electron chi connectivity index (χ3n) is 5.00. The number of carbonyl (C=O) groups excluding carboxylic acids is 2. The second-order valence-electron chi connectivity index (χ2n) is 7.98. The van der Waals surface area contributed by atoms with Gasteiger partial charge in [0.15, 0.2) is 6.61 Å². The van der Waals surface area contributed by atoms with E-state index in [0.717, 1.165) is 11.1 Å². The van der Waals surface area contributed by atoms with Gasteiger partial charge in [0, 0.05) is 23.9 Å². The molecule has 38 heavy (non-hydrogen) atoms. The van der Waals surface area contributed by atoms with Crippen molar-refractivity contribution < 1.29 is 37.0 Å². The predicted octanol–water partition coefficient (Wildman–Crippen LogP) is 5.37. The summed E-state index contributed by atoms with van der Waals surface area (Å²) in [6.07, 6.45) is 2.25. The molecule has 0 aliphatic rings. The SMILES string of the molecule is Nc1ccc(CCOC(=O)/C=C/C=C/c2ccc(OC(=O)c3ccc(OCC(F)(F)F)cc3)cc2)c(N)c1. The summed E-state index contributed by atoms with van der Waals surface area (Å²) in [6.45, 7) is -1.24. The number of esters is 2. The maximum absolute atomic E-state index is 12.3. The summed E-state index contributed by atoms with van der Waals surface area (Å²) in [5.41, 5.74) is 14.4. The highest BCUT2D eigenvalue weighted by Gasteiger charge is 2.28. The van der Waals surface area contributed by atoms with E-state index in [1.165, 1.54) is 36.4 Å². The molecule has 0 amide bonds. The Morgan fingerprint density at radius 1 is 0.868 bits per heavy atom. The molecule has 0 aromatic heterocycles. The fourth-order valence-corrected chi connectivity index (χ4v) is 3.12. The van der Waals surface area contributed by atoms with Crippen molar-refractivity contribution in [1.82, 2.24) is 0 Å². The molecule has 3 rings (SSSR count). The average molecular weight is 527 g/mol. The number of hydrogen-bond acceptors (Lipinski definition) is 7. The number of rotatable bonds is 10. The highest BCUT2D eigenvalue weighted by molar-refractivity contribution is 5.91. The first-order chi connectivity index (χ1) is 18.1.